The van der Waals surface area contributed by atoms with E-state index >= 15 is 0 Å². The van der Waals surface area contributed by atoms with E-state index in [-0.39, 0.29) is 5.91 Å². The summed E-state index contributed by atoms with van der Waals surface area (Å²) in [5.41, 5.74) is 0.0924. The lowest BCUT2D eigenvalue weighted by atomic mass is 9.99. The summed E-state index contributed by atoms with van der Waals surface area (Å²) >= 11 is 0. The largest absolute Gasteiger partial charge is 0.492 e. The normalized spacial score (nSPS) is 13.0. The molecule has 0 aromatic heterocycles. The van der Waals surface area contributed by atoms with Crippen molar-refractivity contribution in [3.63, 3.8) is 0 Å². The fraction of sp³-hybridized carbons (Fsp3) is 0.529. The fourth-order valence-corrected chi connectivity index (χ4v) is 2.29. The van der Waals surface area contributed by atoms with Gasteiger partial charge < -0.3 is 14.8 Å². The number of hydrogen-bond acceptors (Lipinski definition) is 4. The van der Waals surface area contributed by atoms with Gasteiger partial charge in [0, 0.05) is 12.3 Å². The van der Waals surface area contributed by atoms with Crippen LogP contribution in [0.15, 0.2) is 18.2 Å². The third-order valence-electron chi connectivity index (χ3n) is 3.33. The first-order valence-corrected chi connectivity index (χ1v) is 7.63. The SMILES string of the molecule is CCC[C@](C)(OCC)C(=O)Nc1ccc(OCC)c(C#N)c1. The molecule has 1 atom stereocenters. The van der Waals surface area contributed by atoms with E-state index in [0.717, 1.165) is 6.42 Å². The molecule has 5 heteroatoms. The number of carbonyl (C=O) groups is 1. The molecule has 0 saturated heterocycles. The van der Waals surface area contributed by atoms with Crippen LogP contribution in [0.25, 0.3) is 0 Å². The van der Waals surface area contributed by atoms with Gasteiger partial charge in [0.15, 0.2) is 0 Å². The van der Waals surface area contributed by atoms with Crippen molar-refractivity contribution in [1.82, 2.24) is 0 Å². The van der Waals surface area contributed by atoms with E-state index in [1.807, 2.05) is 20.8 Å². The average Bonchev–Trinajstić information content (AvgIpc) is 2.49. The van der Waals surface area contributed by atoms with Crippen LogP contribution in [0.3, 0.4) is 0 Å². The van der Waals surface area contributed by atoms with Gasteiger partial charge in [0.1, 0.15) is 17.4 Å². The number of nitriles is 1. The molecule has 0 unspecified atom stereocenters. The third kappa shape index (κ3) is 4.47. The van der Waals surface area contributed by atoms with Gasteiger partial charge in [-0.05, 0) is 45.4 Å². The molecule has 1 aromatic rings. The predicted molar refractivity (Wildman–Crippen MR) is 85.9 cm³/mol. The molecule has 0 aliphatic rings. The van der Waals surface area contributed by atoms with Gasteiger partial charge >= 0.3 is 0 Å². The fourth-order valence-electron chi connectivity index (χ4n) is 2.29. The standard InChI is InChI=1S/C17H24N2O3/c1-5-10-17(4,22-7-3)16(20)19-14-8-9-15(21-6-2)13(11-14)12-18/h8-9,11H,5-7,10H2,1-4H3,(H,19,20)/t17-/m0/s1. The van der Waals surface area contributed by atoms with E-state index in [1.54, 1.807) is 25.1 Å². The summed E-state index contributed by atoms with van der Waals surface area (Å²) in [6.45, 7) is 8.47. The molecule has 5 nitrogen and oxygen atoms in total. The van der Waals surface area contributed by atoms with Crippen molar-refractivity contribution < 1.29 is 14.3 Å². The zero-order valence-electron chi connectivity index (χ0n) is 13.7. The van der Waals surface area contributed by atoms with Crippen molar-refractivity contribution in [2.45, 2.75) is 46.1 Å². The summed E-state index contributed by atoms with van der Waals surface area (Å²) in [4.78, 5) is 12.5. The van der Waals surface area contributed by atoms with Crippen LogP contribution >= 0.6 is 0 Å². The Morgan fingerprint density at radius 2 is 2.05 bits per heavy atom. The zero-order valence-corrected chi connectivity index (χ0v) is 13.7. The summed E-state index contributed by atoms with van der Waals surface area (Å²) in [5, 5.41) is 12.0. The Hall–Kier alpha value is -2.06. The molecule has 1 rings (SSSR count). The first kappa shape index (κ1) is 18.0. The van der Waals surface area contributed by atoms with Gasteiger partial charge in [-0.3, -0.25) is 4.79 Å². The van der Waals surface area contributed by atoms with Gasteiger partial charge in [-0.1, -0.05) is 13.3 Å². The molecule has 0 spiro atoms. The maximum Gasteiger partial charge on any atom is 0.256 e. The Bertz CT molecular complexity index is 543. The van der Waals surface area contributed by atoms with E-state index < -0.39 is 5.60 Å². The molecule has 1 aromatic carbocycles. The second kappa shape index (κ2) is 8.40. The summed E-state index contributed by atoms with van der Waals surface area (Å²) < 4.78 is 11.0. The number of nitrogens with one attached hydrogen (secondary N) is 1. The highest BCUT2D eigenvalue weighted by molar-refractivity contribution is 5.97. The number of nitrogens with zero attached hydrogens (tertiary/aromatic N) is 1. The number of benzene rings is 1. The highest BCUT2D eigenvalue weighted by atomic mass is 16.5. The maximum atomic E-state index is 12.5. The number of anilines is 1. The summed E-state index contributed by atoms with van der Waals surface area (Å²) in [6.07, 6.45) is 1.48. The maximum absolute atomic E-state index is 12.5. The van der Waals surface area contributed by atoms with Crippen molar-refractivity contribution >= 4 is 11.6 Å². The van der Waals surface area contributed by atoms with E-state index in [9.17, 15) is 4.79 Å². The first-order valence-electron chi connectivity index (χ1n) is 7.63. The second-order valence-electron chi connectivity index (χ2n) is 5.12. The Morgan fingerprint density at radius 3 is 2.59 bits per heavy atom. The highest BCUT2D eigenvalue weighted by Gasteiger charge is 2.33. The van der Waals surface area contributed by atoms with Gasteiger partial charge in [0.05, 0.1) is 12.2 Å². The van der Waals surface area contributed by atoms with Crippen molar-refractivity contribution in [3.8, 4) is 11.8 Å². The Morgan fingerprint density at radius 1 is 1.32 bits per heavy atom. The van der Waals surface area contributed by atoms with Crippen molar-refractivity contribution in [2.24, 2.45) is 0 Å². The van der Waals surface area contributed by atoms with Gasteiger partial charge in [0.25, 0.3) is 5.91 Å². The summed E-state index contributed by atoms with van der Waals surface area (Å²) in [7, 11) is 0. The van der Waals surface area contributed by atoms with Gasteiger partial charge in [0.2, 0.25) is 0 Å². The van der Waals surface area contributed by atoms with Crippen molar-refractivity contribution in [2.75, 3.05) is 18.5 Å². The van der Waals surface area contributed by atoms with E-state index in [0.29, 0.717) is 36.6 Å². The topological polar surface area (TPSA) is 71.3 Å². The predicted octanol–water partition coefficient (Wildman–Crippen LogP) is 3.49. The average molecular weight is 304 g/mol. The molecule has 1 N–H and O–H groups in total. The molecule has 120 valence electrons. The minimum atomic E-state index is -0.866. The van der Waals surface area contributed by atoms with Crippen molar-refractivity contribution in [3.05, 3.63) is 23.8 Å². The number of ether oxygens (including phenoxy) is 2. The lowest BCUT2D eigenvalue weighted by Gasteiger charge is -2.27. The number of amides is 1. The summed E-state index contributed by atoms with van der Waals surface area (Å²) in [6, 6.07) is 7.10. The summed E-state index contributed by atoms with van der Waals surface area (Å²) in [5.74, 6) is 0.313. The van der Waals surface area contributed by atoms with Crippen LogP contribution in [0.4, 0.5) is 5.69 Å². The van der Waals surface area contributed by atoms with Crippen LogP contribution in [0, 0.1) is 11.3 Å². The molecule has 0 radical (unpaired) electrons. The minimum Gasteiger partial charge on any atom is -0.492 e. The highest BCUT2D eigenvalue weighted by Crippen LogP contribution is 2.25. The van der Waals surface area contributed by atoms with Crippen LogP contribution < -0.4 is 10.1 Å². The van der Waals surface area contributed by atoms with E-state index in [2.05, 4.69) is 11.4 Å². The zero-order chi connectivity index (χ0) is 16.6. The molecule has 0 aliphatic heterocycles. The molecule has 0 bridgehead atoms. The molecule has 1 amide bonds. The van der Waals surface area contributed by atoms with Gasteiger partial charge in [-0.25, -0.2) is 0 Å². The lowest BCUT2D eigenvalue weighted by molar-refractivity contribution is -0.139. The lowest BCUT2D eigenvalue weighted by Crippen LogP contribution is -2.42. The molecule has 0 saturated carbocycles. The van der Waals surface area contributed by atoms with Crippen LogP contribution in [0.5, 0.6) is 5.75 Å². The quantitative estimate of drug-likeness (QED) is 0.798. The van der Waals surface area contributed by atoms with E-state index in [4.69, 9.17) is 14.7 Å². The van der Waals surface area contributed by atoms with Crippen LogP contribution in [0.2, 0.25) is 0 Å². The minimum absolute atomic E-state index is 0.204. The smallest absolute Gasteiger partial charge is 0.256 e. The van der Waals surface area contributed by atoms with Crippen LogP contribution in [-0.4, -0.2) is 24.7 Å². The Kier molecular flexibility index (Phi) is 6.87. The molecular weight excluding hydrogens is 280 g/mol. The number of rotatable bonds is 8. The molecule has 22 heavy (non-hydrogen) atoms. The van der Waals surface area contributed by atoms with E-state index in [1.165, 1.54) is 0 Å². The second-order valence-corrected chi connectivity index (χ2v) is 5.12. The Labute approximate surface area is 132 Å². The monoisotopic (exact) mass is 304 g/mol. The van der Waals surface area contributed by atoms with Gasteiger partial charge in [-0.15, -0.1) is 0 Å². The third-order valence-corrected chi connectivity index (χ3v) is 3.33. The Balaban J connectivity index is 2.94. The molecule has 0 fully saturated rings. The molecule has 0 heterocycles. The first-order chi connectivity index (χ1) is 10.5. The number of carbonyl (C=O) groups excluding carboxylic acids is 1. The van der Waals surface area contributed by atoms with Gasteiger partial charge in [-0.2, -0.15) is 5.26 Å². The van der Waals surface area contributed by atoms with Crippen molar-refractivity contribution in [1.29, 1.82) is 5.26 Å². The van der Waals surface area contributed by atoms with Crippen LogP contribution in [-0.2, 0) is 9.53 Å². The molecule has 0 aliphatic carbocycles. The molecular formula is C17H24N2O3. The number of hydrogen-bond donors (Lipinski definition) is 1. The van der Waals surface area contributed by atoms with Crippen LogP contribution in [0.1, 0.15) is 46.1 Å².